The molecule has 1 aromatic carbocycles. The molecule has 0 saturated heterocycles. The van der Waals surface area contributed by atoms with Crippen LogP contribution in [0.1, 0.15) is 37.8 Å². The largest absolute Gasteiger partial charge is 0.497 e. The zero-order valence-electron chi connectivity index (χ0n) is 8.92. The van der Waals surface area contributed by atoms with E-state index < -0.39 is 0 Å². The number of hydrogen-bond acceptors (Lipinski definition) is 1. The van der Waals surface area contributed by atoms with Gasteiger partial charge >= 0.3 is 0 Å². The van der Waals surface area contributed by atoms with Crippen LogP contribution in [0.3, 0.4) is 0 Å². The van der Waals surface area contributed by atoms with Crippen LogP contribution in [-0.4, -0.2) is 7.11 Å². The molecule has 1 rings (SSSR count). The van der Waals surface area contributed by atoms with Crippen LogP contribution in [0.5, 0.6) is 5.75 Å². The molecule has 0 fully saturated rings. The molecule has 0 saturated carbocycles. The molecule has 0 radical (unpaired) electrons. The van der Waals surface area contributed by atoms with Crippen LogP contribution < -0.4 is 4.74 Å². The Labute approximate surface area is 80.7 Å². The monoisotopic (exact) mass is 178 g/mol. The van der Waals surface area contributed by atoms with Crippen molar-refractivity contribution in [3.8, 4) is 5.75 Å². The molecule has 0 aromatic heterocycles. The van der Waals surface area contributed by atoms with Gasteiger partial charge < -0.3 is 4.74 Å². The van der Waals surface area contributed by atoms with E-state index in [-0.39, 0.29) is 0 Å². The third-order valence-corrected chi connectivity index (χ3v) is 2.35. The fourth-order valence-corrected chi connectivity index (χ4v) is 1.58. The lowest BCUT2D eigenvalue weighted by Crippen LogP contribution is -1.95. The highest BCUT2D eigenvalue weighted by atomic mass is 16.5. The summed E-state index contributed by atoms with van der Waals surface area (Å²) in [6.45, 7) is 6.63. The van der Waals surface area contributed by atoms with E-state index in [1.54, 1.807) is 7.11 Å². The van der Waals surface area contributed by atoms with Crippen molar-refractivity contribution < 1.29 is 4.74 Å². The molecular weight excluding hydrogens is 160 g/mol. The first-order valence-electron chi connectivity index (χ1n) is 4.85. The first-order valence-corrected chi connectivity index (χ1v) is 4.85. The van der Waals surface area contributed by atoms with Gasteiger partial charge in [0.25, 0.3) is 0 Å². The van der Waals surface area contributed by atoms with Crippen molar-refractivity contribution in [2.24, 2.45) is 0 Å². The predicted molar refractivity (Wildman–Crippen MR) is 56.5 cm³/mol. The molecule has 0 atom stereocenters. The Morgan fingerprint density at radius 3 is 2.46 bits per heavy atom. The van der Waals surface area contributed by atoms with E-state index in [0.717, 1.165) is 12.2 Å². The standard InChI is InChI=1S/C12H18O/c1-5-10-8-11(13-4)6-7-12(10)9(2)3/h6-9H,5H2,1-4H3. The van der Waals surface area contributed by atoms with Gasteiger partial charge in [0.1, 0.15) is 5.75 Å². The zero-order valence-corrected chi connectivity index (χ0v) is 8.92. The summed E-state index contributed by atoms with van der Waals surface area (Å²) in [5, 5.41) is 0. The van der Waals surface area contributed by atoms with Gasteiger partial charge in [0.05, 0.1) is 7.11 Å². The van der Waals surface area contributed by atoms with Crippen molar-refractivity contribution in [2.75, 3.05) is 7.11 Å². The normalized spacial score (nSPS) is 10.5. The van der Waals surface area contributed by atoms with E-state index in [0.29, 0.717) is 5.92 Å². The van der Waals surface area contributed by atoms with Crippen LogP contribution in [0.15, 0.2) is 18.2 Å². The fourth-order valence-electron chi connectivity index (χ4n) is 1.58. The lowest BCUT2D eigenvalue weighted by molar-refractivity contribution is 0.414. The summed E-state index contributed by atoms with van der Waals surface area (Å²) in [5.74, 6) is 1.56. The van der Waals surface area contributed by atoms with Crippen molar-refractivity contribution in [1.29, 1.82) is 0 Å². The number of aryl methyl sites for hydroxylation is 1. The zero-order chi connectivity index (χ0) is 9.84. The maximum absolute atomic E-state index is 5.19. The molecule has 0 heterocycles. The molecule has 1 nitrogen and oxygen atoms in total. The molecule has 1 aromatic rings. The maximum atomic E-state index is 5.19. The highest BCUT2D eigenvalue weighted by Gasteiger charge is 2.05. The van der Waals surface area contributed by atoms with E-state index in [9.17, 15) is 0 Å². The summed E-state index contributed by atoms with van der Waals surface area (Å²) in [4.78, 5) is 0. The van der Waals surface area contributed by atoms with Gasteiger partial charge in [-0.2, -0.15) is 0 Å². The van der Waals surface area contributed by atoms with E-state index in [1.807, 2.05) is 6.07 Å². The summed E-state index contributed by atoms with van der Waals surface area (Å²) in [6.07, 6.45) is 1.07. The summed E-state index contributed by atoms with van der Waals surface area (Å²) in [5.41, 5.74) is 2.83. The Hall–Kier alpha value is -0.980. The second kappa shape index (κ2) is 4.31. The Morgan fingerprint density at radius 2 is 2.00 bits per heavy atom. The molecule has 0 bridgehead atoms. The van der Waals surface area contributed by atoms with E-state index >= 15 is 0 Å². The second-order valence-electron chi connectivity index (χ2n) is 3.57. The summed E-state index contributed by atoms with van der Waals surface area (Å²) < 4.78 is 5.19. The summed E-state index contributed by atoms with van der Waals surface area (Å²) in [6, 6.07) is 6.34. The van der Waals surface area contributed by atoms with E-state index in [1.165, 1.54) is 11.1 Å². The van der Waals surface area contributed by atoms with Gasteiger partial charge in [-0.25, -0.2) is 0 Å². The topological polar surface area (TPSA) is 9.23 Å². The van der Waals surface area contributed by atoms with Crippen LogP contribution in [0.4, 0.5) is 0 Å². The lowest BCUT2D eigenvalue weighted by Gasteiger charge is -2.12. The molecule has 0 unspecified atom stereocenters. The van der Waals surface area contributed by atoms with Crippen LogP contribution in [0.25, 0.3) is 0 Å². The number of rotatable bonds is 3. The smallest absolute Gasteiger partial charge is 0.119 e. The highest BCUT2D eigenvalue weighted by molar-refractivity contribution is 5.37. The first kappa shape index (κ1) is 10.1. The quantitative estimate of drug-likeness (QED) is 0.689. The predicted octanol–water partition coefficient (Wildman–Crippen LogP) is 3.38. The van der Waals surface area contributed by atoms with Gasteiger partial charge in [0, 0.05) is 0 Å². The highest BCUT2D eigenvalue weighted by Crippen LogP contribution is 2.24. The average molecular weight is 178 g/mol. The van der Waals surface area contributed by atoms with Crippen LogP contribution >= 0.6 is 0 Å². The van der Waals surface area contributed by atoms with Crippen molar-refractivity contribution in [3.63, 3.8) is 0 Å². The Kier molecular flexibility index (Phi) is 3.35. The molecule has 1 heteroatoms. The maximum Gasteiger partial charge on any atom is 0.119 e. The Morgan fingerprint density at radius 1 is 1.31 bits per heavy atom. The Balaban J connectivity index is 3.08. The number of hydrogen-bond donors (Lipinski definition) is 0. The molecular formula is C12H18O. The summed E-state index contributed by atoms with van der Waals surface area (Å²) in [7, 11) is 1.71. The van der Waals surface area contributed by atoms with Crippen LogP contribution in [0, 0.1) is 0 Å². The molecule has 0 N–H and O–H groups in total. The molecule has 72 valence electrons. The van der Waals surface area contributed by atoms with Crippen molar-refractivity contribution >= 4 is 0 Å². The third kappa shape index (κ3) is 2.24. The molecule has 0 spiro atoms. The van der Waals surface area contributed by atoms with Crippen LogP contribution in [-0.2, 0) is 6.42 Å². The number of ether oxygens (including phenoxy) is 1. The van der Waals surface area contributed by atoms with Crippen molar-refractivity contribution in [2.45, 2.75) is 33.1 Å². The Bertz CT molecular complexity index is 276. The van der Waals surface area contributed by atoms with Gasteiger partial charge in [-0.3, -0.25) is 0 Å². The number of benzene rings is 1. The third-order valence-electron chi connectivity index (χ3n) is 2.35. The molecule has 0 aliphatic rings. The number of methoxy groups -OCH3 is 1. The van der Waals surface area contributed by atoms with Crippen molar-refractivity contribution in [3.05, 3.63) is 29.3 Å². The SMILES string of the molecule is CCc1cc(OC)ccc1C(C)C. The van der Waals surface area contributed by atoms with Gasteiger partial charge in [0.15, 0.2) is 0 Å². The summed E-state index contributed by atoms with van der Waals surface area (Å²) >= 11 is 0. The minimum atomic E-state index is 0.598. The van der Waals surface area contributed by atoms with Crippen LogP contribution in [0.2, 0.25) is 0 Å². The average Bonchev–Trinajstić information content (AvgIpc) is 2.16. The molecule has 0 amide bonds. The molecule has 0 aliphatic heterocycles. The minimum absolute atomic E-state index is 0.598. The molecule has 13 heavy (non-hydrogen) atoms. The fraction of sp³-hybridized carbons (Fsp3) is 0.500. The second-order valence-corrected chi connectivity index (χ2v) is 3.57. The van der Waals surface area contributed by atoms with E-state index in [2.05, 4.69) is 32.9 Å². The lowest BCUT2D eigenvalue weighted by atomic mass is 9.95. The van der Waals surface area contributed by atoms with Gasteiger partial charge in [-0.15, -0.1) is 0 Å². The van der Waals surface area contributed by atoms with Gasteiger partial charge in [-0.05, 0) is 35.6 Å². The van der Waals surface area contributed by atoms with Gasteiger partial charge in [0.2, 0.25) is 0 Å². The molecule has 0 aliphatic carbocycles. The minimum Gasteiger partial charge on any atom is -0.497 e. The van der Waals surface area contributed by atoms with E-state index in [4.69, 9.17) is 4.74 Å². The van der Waals surface area contributed by atoms with Gasteiger partial charge in [-0.1, -0.05) is 26.8 Å². The first-order chi connectivity index (χ1) is 6.19. The van der Waals surface area contributed by atoms with Crippen molar-refractivity contribution in [1.82, 2.24) is 0 Å².